The zero-order chi connectivity index (χ0) is 15.4. The molecular formula is C16H25ClN4O2. The van der Waals surface area contributed by atoms with Crippen molar-refractivity contribution in [2.45, 2.75) is 38.2 Å². The Kier molecular flexibility index (Phi) is 6.33. The summed E-state index contributed by atoms with van der Waals surface area (Å²) >= 11 is 0. The number of rotatable bonds is 3. The SMILES string of the molecule is Cl.O=C(CCc1cnccn1)N1CCC[C@]2(CNCC[C@@H]2O)C1. The molecule has 2 saturated heterocycles. The second-order valence-corrected chi connectivity index (χ2v) is 6.46. The molecule has 3 heterocycles. The van der Waals surface area contributed by atoms with Crippen LogP contribution in [0.2, 0.25) is 0 Å². The van der Waals surface area contributed by atoms with Crippen LogP contribution in [0.15, 0.2) is 18.6 Å². The summed E-state index contributed by atoms with van der Waals surface area (Å²) in [6, 6.07) is 0. The monoisotopic (exact) mass is 340 g/mol. The highest BCUT2D eigenvalue weighted by atomic mass is 35.5. The van der Waals surface area contributed by atoms with Gasteiger partial charge in [-0.05, 0) is 32.2 Å². The van der Waals surface area contributed by atoms with E-state index >= 15 is 0 Å². The van der Waals surface area contributed by atoms with Crippen molar-refractivity contribution in [1.82, 2.24) is 20.2 Å². The molecule has 0 aromatic carbocycles. The molecule has 23 heavy (non-hydrogen) atoms. The topological polar surface area (TPSA) is 78.4 Å². The fourth-order valence-corrected chi connectivity index (χ4v) is 3.64. The van der Waals surface area contributed by atoms with Crippen LogP contribution in [0.25, 0.3) is 0 Å². The van der Waals surface area contributed by atoms with E-state index in [1.54, 1.807) is 18.6 Å². The lowest BCUT2D eigenvalue weighted by atomic mass is 9.72. The minimum absolute atomic E-state index is 0. The Morgan fingerprint density at radius 2 is 2.35 bits per heavy atom. The second kappa shape index (κ2) is 8.04. The Hall–Kier alpha value is -1.24. The van der Waals surface area contributed by atoms with Gasteiger partial charge in [0.15, 0.2) is 0 Å². The molecule has 7 heteroatoms. The van der Waals surface area contributed by atoms with Crippen LogP contribution in [0.1, 0.15) is 31.4 Å². The van der Waals surface area contributed by atoms with E-state index in [9.17, 15) is 9.90 Å². The van der Waals surface area contributed by atoms with E-state index in [0.717, 1.165) is 44.6 Å². The van der Waals surface area contributed by atoms with Crippen molar-refractivity contribution in [2.75, 3.05) is 26.2 Å². The summed E-state index contributed by atoms with van der Waals surface area (Å²) in [5.74, 6) is 0.155. The number of carbonyl (C=O) groups excluding carboxylic acids is 1. The van der Waals surface area contributed by atoms with Gasteiger partial charge in [0.1, 0.15) is 0 Å². The van der Waals surface area contributed by atoms with Gasteiger partial charge in [0.2, 0.25) is 5.91 Å². The summed E-state index contributed by atoms with van der Waals surface area (Å²) < 4.78 is 0. The predicted octanol–water partition coefficient (Wildman–Crippen LogP) is 0.794. The first kappa shape index (κ1) is 18.1. The molecule has 0 saturated carbocycles. The molecule has 0 bridgehead atoms. The third kappa shape index (κ3) is 4.19. The number of nitrogens with one attached hydrogen (secondary N) is 1. The average Bonchev–Trinajstić information content (AvgIpc) is 2.57. The largest absolute Gasteiger partial charge is 0.392 e. The number of carbonyl (C=O) groups is 1. The van der Waals surface area contributed by atoms with Crippen LogP contribution in [-0.2, 0) is 11.2 Å². The maximum Gasteiger partial charge on any atom is 0.222 e. The summed E-state index contributed by atoms with van der Waals surface area (Å²) in [5.41, 5.74) is 0.695. The van der Waals surface area contributed by atoms with Crippen molar-refractivity contribution in [3.63, 3.8) is 0 Å². The number of aliphatic hydroxyl groups excluding tert-OH is 1. The summed E-state index contributed by atoms with van der Waals surface area (Å²) in [6.45, 7) is 3.14. The number of hydrogen-bond acceptors (Lipinski definition) is 5. The van der Waals surface area contributed by atoms with Gasteiger partial charge in [0.05, 0.1) is 11.8 Å². The summed E-state index contributed by atoms with van der Waals surface area (Å²) in [7, 11) is 0. The summed E-state index contributed by atoms with van der Waals surface area (Å²) in [5, 5.41) is 13.8. The first-order chi connectivity index (χ1) is 10.7. The lowest BCUT2D eigenvalue weighted by Gasteiger charge is -2.48. The molecular weight excluding hydrogens is 316 g/mol. The molecule has 2 atom stereocenters. The van der Waals surface area contributed by atoms with E-state index in [1.165, 1.54) is 0 Å². The number of nitrogens with zero attached hydrogens (tertiary/aromatic N) is 3. The fourth-order valence-electron chi connectivity index (χ4n) is 3.64. The van der Waals surface area contributed by atoms with Gasteiger partial charge in [0.25, 0.3) is 0 Å². The predicted molar refractivity (Wildman–Crippen MR) is 89.3 cm³/mol. The highest BCUT2D eigenvalue weighted by Gasteiger charge is 2.43. The Balaban J connectivity index is 0.00000192. The second-order valence-electron chi connectivity index (χ2n) is 6.46. The van der Waals surface area contributed by atoms with Gasteiger partial charge < -0.3 is 15.3 Å². The van der Waals surface area contributed by atoms with E-state index in [-0.39, 0.29) is 29.8 Å². The summed E-state index contributed by atoms with van der Waals surface area (Å²) in [6.07, 6.45) is 8.52. The van der Waals surface area contributed by atoms with Crippen LogP contribution in [0.5, 0.6) is 0 Å². The quantitative estimate of drug-likeness (QED) is 0.850. The number of piperidine rings is 2. The van der Waals surface area contributed by atoms with Crippen molar-refractivity contribution in [3.8, 4) is 0 Å². The van der Waals surface area contributed by atoms with Gasteiger partial charge in [-0.1, -0.05) is 0 Å². The van der Waals surface area contributed by atoms with Crippen LogP contribution in [0.4, 0.5) is 0 Å². The Bertz CT molecular complexity index is 512. The first-order valence-electron chi connectivity index (χ1n) is 8.11. The molecule has 0 aliphatic carbocycles. The van der Waals surface area contributed by atoms with Crippen molar-refractivity contribution in [3.05, 3.63) is 24.3 Å². The normalized spacial score (nSPS) is 27.5. The van der Waals surface area contributed by atoms with E-state index in [4.69, 9.17) is 0 Å². The van der Waals surface area contributed by atoms with E-state index < -0.39 is 0 Å². The zero-order valence-electron chi connectivity index (χ0n) is 13.3. The Morgan fingerprint density at radius 1 is 1.48 bits per heavy atom. The molecule has 2 aliphatic heterocycles. The number of amides is 1. The van der Waals surface area contributed by atoms with E-state index in [2.05, 4.69) is 15.3 Å². The van der Waals surface area contributed by atoms with E-state index in [1.807, 2.05) is 4.90 Å². The zero-order valence-corrected chi connectivity index (χ0v) is 14.1. The minimum Gasteiger partial charge on any atom is -0.392 e. The lowest BCUT2D eigenvalue weighted by molar-refractivity contribution is -0.138. The van der Waals surface area contributed by atoms with Gasteiger partial charge in [-0.15, -0.1) is 12.4 Å². The third-order valence-electron chi connectivity index (χ3n) is 4.95. The number of aryl methyl sites for hydroxylation is 1. The van der Waals surface area contributed by atoms with Gasteiger partial charge in [-0.25, -0.2) is 0 Å². The molecule has 2 N–H and O–H groups in total. The minimum atomic E-state index is -0.302. The Morgan fingerprint density at radius 3 is 3.09 bits per heavy atom. The molecule has 1 aromatic heterocycles. The lowest BCUT2D eigenvalue weighted by Crippen LogP contribution is -2.58. The number of halogens is 1. The van der Waals surface area contributed by atoms with Crippen molar-refractivity contribution in [1.29, 1.82) is 0 Å². The molecule has 1 amide bonds. The third-order valence-corrected chi connectivity index (χ3v) is 4.95. The molecule has 6 nitrogen and oxygen atoms in total. The molecule has 1 aromatic rings. The van der Waals surface area contributed by atoms with Crippen molar-refractivity contribution >= 4 is 18.3 Å². The average molecular weight is 341 g/mol. The number of hydrogen-bond donors (Lipinski definition) is 2. The molecule has 2 aliphatic rings. The van der Waals surface area contributed by atoms with Crippen molar-refractivity contribution < 1.29 is 9.90 Å². The Labute approximate surface area is 143 Å². The van der Waals surface area contributed by atoms with Gasteiger partial charge in [0, 0.05) is 50.1 Å². The fraction of sp³-hybridized carbons (Fsp3) is 0.688. The standard InChI is InChI=1S/C16H24N4O2.ClH/c21-14-4-6-18-11-16(14)5-1-9-20(12-16)15(22)3-2-13-10-17-7-8-19-13;/h7-8,10,14,18,21H,1-6,9,11-12H2;1H/t14-,16-;/m0./s1. The van der Waals surface area contributed by atoms with Crippen LogP contribution in [0, 0.1) is 5.41 Å². The highest BCUT2D eigenvalue weighted by molar-refractivity contribution is 5.85. The van der Waals surface area contributed by atoms with E-state index in [0.29, 0.717) is 19.4 Å². The molecule has 3 rings (SSSR count). The number of likely N-dealkylation sites (tertiary alicyclic amines) is 1. The van der Waals surface area contributed by atoms with Crippen LogP contribution in [0.3, 0.4) is 0 Å². The maximum atomic E-state index is 12.5. The van der Waals surface area contributed by atoms with Crippen LogP contribution < -0.4 is 5.32 Å². The molecule has 1 spiro atoms. The molecule has 0 unspecified atom stereocenters. The maximum absolute atomic E-state index is 12.5. The van der Waals surface area contributed by atoms with Gasteiger partial charge in [-0.2, -0.15) is 0 Å². The van der Waals surface area contributed by atoms with Crippen molar-refractivity contribution in [2.24, 2.45) is 5.41 Å². The first-order valence-corrected chi connectivity index (χ1v) is 8.11. The van der Waals surface area contributed by atoms with Crippen LogP contribution >= 0.6 is 12.4 Å². The molecule has 2 fully saturated rings. The van der Waals surface area contributed by atoms with Gasteiger partial charge >= 0.3 is 0 Å². The number of aromatic nitrogens is 2. The van der Waals surface area contributed by atoms with Crippen LogP contribution in [-0.4, -0.2) is 58.2 Å². The molecule has 128 valence electrons. The summed E-state index contributed by atoms with van der Waals surface area (Å²) in [4.78, 5) is 22.6. The highest BCUT2D eigenvalue weighted by Crippen LogP contribution is 2.36. The smallest absolute Gasteiger partial charge is 0.222 e. The molecule has 0 radical (unpaired) electrons. The number of aliphatic hydroxyl groups is 1. The van der Waals surface area contributed by atoms with Gasteiger partial charge in [-0.3, -0.25) is 14.8 Å².